The Morgan fingerprint density at radius 3 is 2.64 bits per heavy atom. The highest BCUT2D eigenvalue weighted by Gasteiger charge is 2.50. The van der Waals surface area contributed by atoms with Crippen molar-refractivity contribution in [3.63, 3.8) is 0 Å². The average Bonchev–Trinajstić information content (AvgIpc) is 2.75. The molecule has 0 aromatic carbocycles. The molecular formula is C13H20N3O6+. The van der Waals surface area contributed by atoms with Crippen molar-refractivity contribution in [1.82, 2.24) is 5.32 Å². The van der Waals surface area contributed by atoms with E-state index in [1.54, 1.807) is 13.8 Å². The molecule has 5 N–H and O–H groups in total. The molecule has 0 saturated carbocycles. The summed E-state index contributed by atoms with van der Waals surface area (Å²) in [6.07, 6.45) is -1.84. The van der Waals surface area contributed by atoms with Crippen LogP contribution in [0.3, 0.4) is 0 Å². The molecule has 1 saturated heterocycles. The van der Waals surface area contributed by atoms with E-state index in [0.29, 0.717) is 0 Å². The number of carbonyl (C=O) groups excluding carboxylic acids is 2. The molecule has 9 nitrogen and oxygen atoms in total. The Hall–Kier alpha value is -1.65. The highest BCUT2D eigenvalue weighted by molar-refractivity contribution is 6.08. The van der Waals surface area contributed by atoms with Crippen LogP contribution in [-0.2, 0) is 9.53 Å². The monoisotopic (exact) mass is 314 g/mol. The largest absolute Gasteiger partial charge is 0.449 e. The molecule has 122 valence electrons. The summed E-state index contributed by atoms with van der Waals surface area (Å²) >= 11 is 0. The van der Waals surface area contributed by atoms with Gasteiger partial charge in [0.15, 0.2) is 6.10 Å². The number of quaternary nitrogens is 1. The number of urea groups is 1. The molecule has 3 amide bonds. The van der Waals surface area contributed by atoms with E-state index in [-0.39, 0.29) is 22.6 Å². The Balaban J connectivity index is 2.06. The number of nitrogens with one attached hydrogen (secondary N) is 2. The number of carbonyl (C=O) groups is 2. The number of aliphatic imine (C=N–C) groups is 1. The molecule has 0 bridgehead atoms. The highest BCUT2D eigenvalue weighted by Crippen LogP contribution is 2.17. The Morgan fingerprint density at radius 2 is 2.14 bits per heavy atom. The molecule has 2 heterocycles. The second-order valence-electron chi connectivity index (χ2n) is 5.49. The SMILES string of the molecule is CC(C)C(=O)NC1=NC(=O)[NH+]([C@@H]2O[C@H](CO)[C@@H](O)[C@H]2O)C=C1. The molecule has 1 unspecified atom stereocenters. The first-order chi connectivity index (χ1) is 10.3. The third-order valence-electron chi connectivity index (χ3n) is 3.51. The van der Waals surface area contributed by atoms with Crippen molar-refractivity contribution >= 4 is 17.8 Å². The second-order valence-corrected chi connectivity index (χ2v) is 5.49. The lowest BCUT2D eigenvalue weighted by Crippen LogP contribution is -3.15. The first-order valence-corrected chi connectivity index (χ1v) is 6.96. The Labute approximate surface area is 126 Å². The van der Waals surface area contributed by atoms with E-state index in [2.05, 4.69) is 10.3 Å². The summed E-state index contributed by atoms with van der Waals surface area (Å²) in [7, 11) is 0. The summed E-state index contributed by atoms with van der Waals surface area (Å²) in [5, 5.41) is 31.1. The Bertz CT molecular complexity index is 518. The number of hydrogen-bond donors (Lipinski definition) is 5. The molecule has 0 aliphatic carbocycles. The molecule has 0 radical (unpaired) electrons. The summed E-state index contributed by atoms with van der Waals surface area (Å²) < 4.78 is 5.28. The molecule has 1 fully saturated rings. The Kier molecular flexibility index (Phi) is 5.04. The van der Waals surface area contributed by atoms with E-state index < -0.39 is 37.2 Å². The van der Waals surface area contributed by atoms with Crippen LogP contribution in [0.1, 0.15) is 13.8 Å². The fourth-order valence-electron chi connectivity index (χ4n) is 2.16. The molecule has 22 heavy (non-hydrogen) atoms. The molecular weight excluding hydrogens is 294 g/mol. The number of nitrogens with zero attached hydrogens (tertiary/aromatic N) is 1. The first-order valence-electron chi connectivity index (χ1n) is 6.96. The quantitative estimate of drug-likeness (QED) is 0.380. The molecule has 2 aliphatic rings. The summed E-state index contributed by atoms with van der Waals surface area (Å²) in [6.45, 7) is 2.95. The van der Waals surface area contributed by atoms with E-state index in [9.17, 15) is 19.8 Å². The predicted octanol–water partition coefficient (Wildman–Crippen LogP) is -2.87. The van der Waals surface area contributed by atoms with Gasteiger partial charge in [-0.25, -0.2) is 4.79 Å². The van der Waals surface area contributed by atoms with Gasteiger partial charge in [0.05, 0.1) is 6.61 Å². The van der Waals surface area contributed by atoms with Crippen LogP contribution in [-0.4, -0.2) is 64.2 Å². The zero-order valence-electron chi connectivity index (χ0n) is 12.3. The zero-order valence-corrected chi connectivity index (χ0v) is 12.3. The zero-order chi connectivity index (χ0) is 16.4. The van der Waals surface area contributed by atoms with Gasteiger partial charge < -0.3 is 25.4 Å². The maximum absolute atomic E-state index is 12.0. The molecule has 5 atom stereocenters. The van der Waals surface area contributed by atoms with Crippen LogP contribution in [0.15, 0.2) is 17.3 Å². The van der Waals surface area contributed by atoms with Crippen molar-refractivity contribution in [3.05, 3.63) is 12.3 Å². The maximum atomic E-state index is 12.0. The van der Waals surface area contributed by atoms with Crippen molar-refractivity contribution in [2.24, 2.45) is 10.9 Å². The number of amides is 3. The highest BCUT2D eigenvalue weighted by atomic mass is 16.6. The van der Waals surface area contributed by atoms with Gasteiger partial charge in [-0.05, 0) is 0 Å². The van der Waals surface area contributed by atoms with Gasteiger partial charge in [0.2, 0.25) is 12.1 Å². The molecule has 0 aromatic heterocycles. The van der Waals surface area contributed by atoms with Crippen LogP contribution in [0.4, 0.5) is 4.79 Å². The fourth-order valence-corrected chi connectivity index (χ4v) is 2.16. The van der Waals surface area contributed by atoms with E-state index in [0.717, 1.165) is 0 Å². The van der Waals surface area contributed by atoms with Gasteiger partial charge in [0.1, 0.15) is 24.2 Å². The number of hydrogen-bond acceptors (Lipinski definition) is 6. The Morgan fingerprint density at radius 1 is 1.45 bits per heavy atom. The van der Waals surface area contributed by atoms with Gasteiger partial charge in [-0.15, -0.1) is 4.99 Å². The molecule has 0 spiro atoms. The minimum Gasteiger partial charge on any atom is -0.394 e. The standard InChI is InChI=1S/C13H19N3O6/c1-6(2)11(20)14-8-3-4-16(13(21)15-8)12-10(19)9(18)7(5-17)22-12/h3-4,6-7,9-10,12,17-19H,5H2,1-2H3,(H,14,15,20,21)/p+1/t7-,9-,10-,12-/m1/s1. The average molecular weight is 314 g/mol. The minimum atomic E-state index is -1.33. The van der Waals surface area contributed by atoms with Crippen molar-refractivity contribution in [2.75, 3.05) is 6.61 Å². The summed E-state index contributed by atoms with van der Waals surface area (Å²) in [6, 6.07) is -0.670. The normalized spacial score (nSPS) is 34.9. The molecule has 9 heteroatoms. The summed E-state index contributed by atoms with van der Waals surface area (Å²) in [5.41, 5.74) is 0. The van der Waals surface area contributed by atoms with Crippen LogP contribution in [0.2, 0.25) is 0 Å². The van der Waals surface area contributed by atoms with E-state index in [1.807, 2.05) is 0 Å². The number of amidine groups is 1. The van der Waals surface area contributed by atoms with Crippen molar-refractivity contribution in [2.45, 2.75) is 38.4 Å². The van der Waals surface area contributed by atoms with Crippen molar-refractivity contribution < 1.29 is 34.5 Å². The van der Waals surface area contributed by atoms with Gasteiger partial charge in [-0.1, -0.05) is 13.8 Å². The van der Waals surface area contributed by atoms with Crippen molar-refractivity contribution in [3.8, 4) is 0 Å². The fraction of sp³-hybridized carbons (Fsp3) is 0.615. The maximum Gasteiger partial charge on any atom is 0.449 e. The van der Waals surface area contributed by atoms with Crippen LogP contribution in [0.5, 0.6) is 0 Å². The second kappa shape index (κ2) is 6.63. The lowest BCUT2D eigenvalue weighted by molar-refractivity contribution is -0.821. The summed E-state index contributed by atoms with van der Waals surface area (Å²) in [4.78, 5) is 27.4. The van der Waals surface area contributed by atoms with Crippen LogP contribution in [0, 0.1) is 5.92 Å². The van der Waals surface area contributed by atoms with Crippen molar-refractivity contribution in [1.29, 1.82) is 0 Å². The molecule has 2 aliphatic heterocycles. The third-order valence-corrected chi connectivity index (χ3v) is 3.51. The minimum absolute atomic E-state index is 0.0602. The summed E-state index contributed by atoms with van der Waals surface area (Å²) in [5.74, 6) is -0.413. The smallest absolute Gasteiger partial charge is 0.394 e. The van der Waals surface area contributed by atoms with E-state index in [4.69, 9.17) is 9.84 Å². The van der Waals surface area contributed by atoms with Gasteiger partial charge in [-0.3, -0.25) is 4.79 Å². The van der Waals surface area contributed by atoms with Gasteiger partial charge in [-0.2, -0.15) is 4.90 Å². The number of aliphatic hydroxyl groups excluding tert-OH is 3. The van der Waals surface area contributed by atoms with E-state index in [1.165, 1.54) is 12.3 Å². The predicted molar refractivity (Wildman–Crippen MR) is 73.7 cm³/mol. The van der Waals surface area contributed by atoms with E-state index >= 15 is 0 Å². The van der Waals surface area contributed by atoms with Gasteiger partial charge in [0, 0.05) is 12.0 Å². The van der Waals surface area contributed by atoms with Crippen LogP contribution in [0.25, 0.3) is 0 Å². The number of rotatable bonds is 3. The first kappa shape index (κ1) is 16.7. The topological polar surface area (TPSA) is 133 Å². The van der Waals surface area contributed by atoms with Gasteiger partial charge in [0.25, 0.3) is 0 Å². The molecule has 2 rings (SSSR count). The van der Waals surface area contributed by atoms with Gasteiger partial charge >= 0.3 is 6.03 Å². The lowest BCUT2D eigenvalue weighted by atomic mass is 10.1. The number of aliphatic hydroxyl groups is 3. The van der Waals surface area contributed by atoms with Crippen LogP contribution < -0.4 is 10.2 Å². The molecule has 0 aromatic rings. The lowest BCUT2D eigenvalue weighted by Gasteiger charge is -2.22. The van der Waals surface area contributed by atoms with Crippen LogP contribution >= 0.6 is 0 Å². The number of ether oxygens (including phenoxy) is 1. The third kappa shape index (κ3) is 3.23.